The maximum Gasteiger partial charge on any atom is 0.226 e. The van der Waals surface area contributed by atoms with E-state index in [-0.39, 0.29) is 0 Å². The Morgan fingerprint density at radius 2 is 2.06 bits per heavy atom. The van der Waals surface area contributed by atoms with Crippen LogP contribution >= 0.6 is 11.6 Å². The lowest BCUT2D eigenvalue weighted by molar-refractivity contribution is 0.593. The van der Waals surface area contributed by atoms with Crippen molar-refractivity contribution in [3.05, 3.63) is 17.5 Å². The first-order valence-corrected chi connectivity index (χ1v) is 6.89. The number of nitrogens with zero attached hydrogens (tertiary/aromatic N) is 3. The van der Waals surface area contributed by atoms with Gasteiger partial charge in [0.1, 0.15) is 0 Å². The van der Waals surface area contributed by atoms with Gasteiger partial charge in [0.05, 0.1) is 0 Å². The molecule has 0 amide bonds. The van der Waals surface area contributed by atoms with Crippen LogP contribution in [0.5, 0.6) is 0 Å². The highest BCUT2D eigenvalue weighted by Crippen LogP contribution is 2.25. The van der Waals surface area contributed by atoms with Crippen LogP contribution in [0, 0.1) is 13.8 Å². The normalized spacial score (nSPS) is 19.9. The number of hydrogen-bond acceptors (Lipinski definition) is 3. The molecule has 0 radical (unpaired) electrons. The Morgan fingerprint density at radius 1 is 1.35 bits per heavy atom. The fourth-order valence-corrected chi connectivity index (χ4v) is 2.70. The first-order valence-electron chi connectivity index (χ1n) is 6.35. The van der Waals surface area contributed by atoms with E-state index >= 15 is 0 Å². The van der Waals surface area contributed by atoms with E-state index in [9.17, 15) is 0 Å². The molecule has 1 saturated heterocycles. The average Bonchev–Trinajstić information content (AvgIpc) is 2.73. The van der Waals surface area contributed by atoms with Gasteiger partial charge in [0.2, 0.25) is 5.95 Å². The van der Waals surface area contributed by atoms with Gasteiger partial charge in [-0.3, -0.25) is 0 Å². The van der Waals surface area contributed by atoms with Crippen molar-refractivity contribution in [1.29, 1.82) is 0 Å². The molecule has 1 aliphatic rings. The zero-order chi connectivity index (χ0) is 12.3. The highest BCUT2D eigenvalue weighted by atomic mass is 35.5. The highest BCUT2D eigenvalue weighted by Gasteiger charge is 2.26. The molecule has 4 heteroatoms. The van der Waals surface area contributed by atoms with E-state index in [4.69, 9.17) is 11.6 Å². The molecular formula is C13H20ClN3. The van der Waals surface area contributed by atoms with Crippen LogP contribution in [-0.4, -0.2) is 28.4 Å². The van der Waals surface area contributed by atoms with E-state index < -0.39 is 0 Å². The minimum Gasteiger partial charge on any atom is -0.338 e. The first kappa shape index (κ1) is 12.6. The van der Waals surface area contributed by atoms with Gasteiger partial charge >= 0.3 is 0 Å². The zero-order valence-corrected chi connectivity index (χ0v) is 11.4. The Bertz CT molecular complexity index is 361. The van der Waals surface area contributed by atoms with E-state index in [2.05, 4.69) is 14.9 Å². The Hall–Kier alpha value is -0.830. The van der Waals surface area contributed by atoms with Gasteiger partial charge in [0, 0.05) is 29.9 Å². The smallest absolute Gasteiger partial charge is 0.226 e. The van der Waals surface area contributed by atoms with Crippen LogP contribution in [0.15, 0.2) is 6.07 Å². The Morgan fingerprint density at radius 3 is 2.71 bits per heavy atom. The molecule has 0 spiro atoms. The Balaban J connectivity index is 2.14. The van der Waals surface area contributed by atoms with Crippen molar-refractivity contribution in [3.63, 3.8) is 0 Å². The maximum absolute atomic E-state index is 5.77. The van der Waals surface area contributed by atoms with Crippen LogP contribution in [0.3, 0.4) is 0 Å². The fraction of sp³-hybridized carbons (Fsp3) is 0.692. The summed E-state index contributed by atoms with van der Waals surface area (Å²) in [5.74, 6) is 1.65. The van der Waals surface area contributed by atoms with Crippen LogP contribution in [0.1, 0.15) is 37.1 Å². The molecule has 0 aliphatic carbocycles. The molecule has 0 N–H and O–H groups in total. The second kappa shape index (κ2) is 5.67. The molecule has 1 aromatic rings. The number of hydrogen-bond donors (Lipinski definition) is 0. The minimum atomic E-state index is 0.579. The summed E-state index contributed by atoms with van der Waals surface area (Å²) in [5.41, 5.74) is 2.10. The third kappa shape index (κ3) is 3.09. The van der Waals surface area contributed by atoms with E-state index in [1.54, 1.807) is 0 Å². The minimum absolute atomic E-state index is 0.579. The van der Waals surface area contributed by atoms with Gasteiger partial charge in [-0.25, -0.2) is 9.97 Å². The molecule has 3 nitrogen and oxygen atoms in total. The molecule has 2 heterocycles. The molecule has 0 saturated carbocycles. The summed E-state index contributed by atoms with van der Waals surface area (Å²) in [4.78, 5) is 11.5. The van der Waals surface area contributed by atoms with Gasteiger partial charge in [0.15, 0.2) is 0 Å². The molecule has 17 heavy (non-hydrogen) atoms. The van der Waals surface area contributed by atoms with Crippen molar-refractivity contribution < 1.29 is 0 Å². The topological polar surface area (TPSA) is 29.0 Å². The molecule has 1 atom stereocenters. The standard InChI is InChI=1S/C13H20ClN3/c1-10-9-11(2)16-13(15-10)17-8-4-6-12(17)5-3-7-14/h9,12H,3-8H2,1-2H3. The van der Waals surface area contributed by atoms with Crippen LogP contribution < -0.4 is 4.90 Å². The van der Waals surface area contributed by atoms with E-state index in [0.717, 1.165) is 42.6 Å². The van der Waals surface area contributed by atoms with E-state index in [0.29, 0.717) is 6.04 Å². The summed E-state index contributed by atoms with van der Waals surface area (Å²) in [6, 6.07) is 2.60. The van der Waals surface area contributed by atoms with Gasteiger partial charge in [-0.15, -0.1) is 11.6 Å². The number of aryl methyl sites for hydroxylation is 2. The van der Waals surface area contributed by atoms with Crippen molar-refractivity contribution in [2.45, 2.75) is 45.6 Å². The van der Waals surface area contributed by atoms with Gasteiger partial charge in [-0.1, -0.05) is 0 Å². The van der Waals surface area contributed by atoms with Crippen LogP contribution in [-0.2, 0) is 0 Å². The summed E-state index contributed by atoms with van der Waals surface area (Å²) in [6.45, 7) is 5.14. The van der Waals surface area contributed by atoms with E-state index in [1.807, 2.05) is 19.9 Å². The predicted octanol–water partition coefficient (Wildman–Crippen LogP) is 3.08. The molecule has 0 aromatic carbocycles. The lowest BCUT2D eigenvalue weighted by Crippen LogP contribution is -2.31. The maximum atomic E-state index is 5.77. The summed E-state index contributed by atoms with van der Waals surface area (Å²) in [7, 11) is 0. The number of aromatic nitrogens is 2. The molecule has 1 aromatic heterocycles. The summed E-state index contributed by atoms with van der Waals surface area (Å²) >= 11 is 5.77. The fourth-order valence-electron chi connectivity index (χ4n) is 2.55. The third-order valence-electron chi connectivity index (χ3n) is 3.28. The average molecular weight is 254 g/mol. The lowest BCUT2D eigenvalue weighted by atomic mass is 10.1. The molecule has 94 valence electrons. The Labute approximate surface area is 108 Å². The van der Waals surface area contributed by atoms with Gasteiger partial charge in [-0.2, -0.15) is 0 Å². The summed E-state index contributed by atoms with van der Waals surface area (Å²) < 4.78 is 0. The molecule has 2 rings (SSSR count). The second-order valence-corrected chi connectivity index (χ2v) is 5.15. The lowest BCUT2D eigenvalue weighted by Gasteiger charge is -2.24. The quantitative estimate of drug-likeness (QED) is 0.773. The summed E-state index contributed by atoms with van der Waals surface area (Å²) in [6.07, 6.45) is 4.71. The second-order valence-electron chi connectivity index (χ2n) is 4.77. The number of halogens is 1. The van der Waals surface area contributed by atoms with Crippen LogP contribution in [0.25, 0.3) is 0 Å². The van der Waals surface area contributed by atoms with Crippen LogP contribution in [0.4, 0.5) is 5.95 Å². The summed E-state index contributed by atoms with van der Waals surface area (Å²) in [5, 5.41) is 0. The zero-order valence-electron chi connectivity index (χ0n) is 10.6. The van der Waals surface area contributed by atoms with Crippen molar-refractivity contribution in [2.75, 3.05) is 17.3 Å². The molecule has 1 unspecified atom stereocenters. The molecular weight excluding hydrogens is 234 g/mol. The first-order chi connectivity index (χ1) is 8.20. The predicted molar refractivity (Wildman–Crippen MR) is 71.8 cm³/mol. The van der Waals surface area contributed by atoms with Gasteiger partial charge < -0.3 is 4.90 Å². The van der Waals surface area contributed by atoms with Crippen molar-refractivity contribution in [2.24, 2.45) is 0 Å². The number of rotatable bonds is 4. The largest absolute Gasteiger partial charge is 0.338 e. The molecule has 1 fully saturated rings. The molecule has 0 bridgehead atoms. The van der Waals surface area contributed by atoms with Crippen molar-refractivity contribution in [1.82, 2.24) is 9.97 Å². The number of alkyl halides is 1. The SMILES string of the molecule is Cc1cc(C)nc(N2CCCC2CCCCl)n1. The van der Waals surface area contributed by atoms with Crippen LogP contribution in [0.2, 0.25) is 0 Å². The third-order valence-corrected chi connectivity index (χ3v) is 3.54. The molecule has 1 aliphatic heterocycles. The highest BCUT2D eigenvalue weighted by molar-refractivity contribution is 6.17. The van der Waals surface area contributed by atoms with E-state index in [1.165, 1.54) is 12.8 Å². The van der Waals surface area contributed by atoms with Crippen molar-refractivity contribution >= 4 is 17.5 Å². The van der Waals surface area contributed by atoms with Gasteiger partial charge in [0.25, 0.3) is 0 Å². The number of anilines is 1. The monoisotopic (exact) mass is 253 g/mol. The van der Waals surface area contributed by atoms with Gasteiger partial charge in [-0.05, 0) is 45.6 Å². The van der Waals surface area contributed by atoms with Crippen molar-refractivity contribution in [3.8, 4) is 0 Å². The Kier molecular flexibility index (Phi) is 4.21.